The monoisotopic (exact) mass is 367 g/mol. The Balaban J connectivity index is 2.12. The Kier molecular flexibility index (Phi) is 5.09. The van der Waals surface area contributed by atoms with Crippen molar-refractivity contribution < 1.29 is 9.72 Å². The molecule has 0 saturated heterocycles. The number of non-ortho nitro benzene ring substituents is 1. The summed E-state index contributed by atoms with van der Waals surface area (Å²) in [6.07, 6.45) is 2.67. The molecule has 6 nitrogen and oxygen atoms in total. The third-order valence-corrected chi connectivity index (χ3v) is 5.01. The van der Waals surface area contributed by atoms with Gasteiger partial charge in [-0.3, -0.25) is 14.9 Å². The van der Waals surface area contributed by atoms with E-state index >= 15 is 0 Å². The molecule has 3 rings (SSSR count). The van der Waals surface area contributed by atoms with Crippen molar-refractivity contribution in [1.82, 2.24) is 4.57 Å². The van der Waals surface area contributed by atoms with Gasteiger partial charge in [0.1, 0.15) is 0 Å². The minimum absolute atomic E-state index is 0.131. The molecule has 7 heteroatoms. The molecule has 132 valence electrons. The lowest BCUT2D eigenvalue weighted by Gasteiger charge is -2.02. The zero-order chi connectivity index (χ0) is 18.7. The first-order chi connectivity index (χ1) is 12.5. The highest BCUT2D eigenvalue weighted by molar-refractivity contribution is 7.16. The zero-order valence-electron chi connectivity index (χ0n) is 14.2. The molecular weight excluding hydrogens is 350 g/mol. The van der Waals surface area contributed by atoms with Crippen molar-refractivity contribution >= 4 is 33.1 Å². The molecule has 0 saturated carbocycles. The van der Waals surface area contributed by atoms with Crippen LogP contribution < -0.4 is 4.80 Å². The quantitative estimate of drug-likeness (QED) is 0.387. The summed E-state index contributed by atoms with van der Waals surface area (Å²) in [5.41, 5.74) is 2.25. The fraction of sp³-hybridized carbons (Fsp3) is 0.158. The van der Waals surface area contributed by atoms with E-state index in [1.165, 1.54) is 41.2 Å². The molecule has 0 aliphatic rings. The van der Waals surface area contributed by atoms with E-state index < -0.39 is 10.8 Å². The van der Waals surface area contributed by atoms with Gasteiger partial charge < -0.3 is 4.57 Å². The Hall–Kier alpha value is -3.06. The summed E-state index contributed by atoms with van der Waals surface area (Å²) in [5.74, 6) is -0.506. The summed E-state index contributed by atoms with van der Waals surface area (Å²) in [4.78, 5) is 27.7. The number of carbonyl (C=O) groups excluding carboxylic acids is 1. The number of nitrogens with zero attached hydrogens (tertiary/aromatic N) is 3. The topological polar surface area (TPSA) is 77.5 Å². The summed E-state index contributed by atoms with van der Waals surface area (Å²) in [6.45, 7) is 6.38. The smallest absolute Gasteiger partial charge is 0.279 e. The van der Waals surface area contributed by atoms with E-state index in [2.05, 4.69) is 30.6 Å². The number of rotatable bonds is 5. The average molecular weight is 367 g/mol. The predicted molar refractivity (Wildman–Crippen MR) is 102 cm³/mol. The summed E-state index contributed by atoms with van der Waals surface area (Å²) >= 11 is 1.42. The summed E-state index contributed by atoms with van der Waals surface area (Å²) in [6, 6.07) is 11.8. The van der Waals surface area contributed by atoms with Crippen LogP contribution >= 0.6 is 11.3 Å². The van der Waals surface area contributed by atoms with Crippen molar-refractivity contribution in [1.29, 1.82) is 0 Å². The molecule has 0 aliphatic heterocycles. The SMILES string of the molecule is C=CCn1c(=NC(=O)c2cccc([N+](=O)[O-])c2)sc2cc(CC)ccc21. The van der Waals surface area contributed by atoms with Gasteiger partial charge in [-0.05, 0) is 30.2 Å². The minimum atomic E-state index is -0.527. The lowest BCUT2D eigenvalue weighted by Crippen LogP contribution is -2.16. The first-order valence-corrected chi connectivity index (χ1v) is 8.91. The minimum Gasteiger partial charge on any atom is -0.312 e. The Morgan fingerprint density at radius 1 is 1.35 bits per heavy atom. The van der Waals surface area contributed by atoms with Gasteiger partial charge in [-0.25, -0.2) is 0 Å². The first-order valence-electron chi connectivity index (χ1n) is 8.10. The number of nitro groups is 1. The number of thiazole rings is 1. The summed E-state index contributed by atoms with van der Waals surface area (Å²) in [5, 5.41) is 10.9. The number of fused-ring (bicyclic) bond motifs is 1. The van der Waals surface area contributed by atoms with Crippen LogP contribution in [-0.4, -0.2) is 15.4 Å². The molecule has 0 N–H and O–H groups in total. The molecule has 0 spiro atoms. The van der Waals surface area contributed by atoms with Crippen molar-refractivity contribution in [2.45, 2.75) is 19.9 Å². The van der Waals surface area contributed by atoms with Gasteiger partial charge in [-0.2, -0.15) is 4.99 Å². The molecule has 1 heterocycles. The Bertz CT molecular complexity index is 1080. The molecule has 0 aliphatic carbocycles. The molecule has 2 aromatic carbocycles. The highest BCUT2D eigenvalue weighted by atomic mass is 32.1. The van der Waals surface area contributed by atoms with Gasteiger partial charge in [0.15, 0.2) is 4.80 Å². The number of aromatic nitrogens is 1. The second-order valence-corrected chi connectivity index (χ2v) is 6.67. The molecule has 26 heavy (non-hydrogen) atoms. The standard InChI is InChI=1S/C19H17N3O3S/c1-3-10-21-16-9-8-13(4-2)11-17(16)26-19(21)20-18(23)14-6-5-7-15(12-14)22(24)25/h3,5-9,11-12H,1,4,10H2,2H3. The van der Waals surface area contributed by atoms with Crippen LogP contribution in [0.3, 0.4) is 0 Å². The van der Waals surface area contributed by atoms with Crippen LogP contribution in [0.4, 0.5) is 5.69 Å². The maximum Gasteiger partial charge on any atom is 0.279 e. The Morgan fingerprint density at radius 3 is 2.85 bits per heavy atom. The van der Waals surface area contributed by atoms with E-state index in [1.54, 1.807) is 6.08 Å². The normalized spacial score (nSPS) is 11.7. The number of allylic oxidation sites excluding steroid dienone is 1. The van der Waals surface area contributed by atoms with E-state index in [0.717, 1.165) is 16.6 Å². The van der Waals surface area contributed by atoms with Crippen molar-refractivity contribution in [2.75, 3.05) is 0 Å². The zero-order valence-corrected chi connectivity index (χ0v) is 15.0. The average Bonchev–Trinajstić information content (AvgIpc) is 2.98. The van der Waals surface area contributed by atoms with Crippen molar-refractivity contribution in [3.05, 3.63) is 81.2 Å². The maximum atomic E-state index is 12.5. The van der Waals surface area contributed by atoms with Crippen LogP contribution in [0.25, 0.3) is 10.2 Å². The Labute approximate surface area is 153 Å². The first kappa shape index (κ1) is 17.8. The van der Waals surface area contributed by atoms with E-state index in [1.807, 2.05) is 10.6 Å². The van der Waals surface area contributed by atoms with E-state index in [-0.39, 0.29) is 11.3 Å². The highest BCUT2D eigenvalue weighted by Gasteiger charge is 2.12. The van der Waals surface area contributed by atoms with Gasteiger partial charge in [-0.1, -0.05) is 36.5 Å². The third kappa shape index (κ3) is 3.48. The second kappa shape index (κ2) is 7.45. The Morgan fingerprint density at radius 2 is 2.15 bits per heavy atom. The van der Waals surface area contributed by atoms with Crippen LogP contribution in [0, 0.1) is 10.1 Å². The lowest BCUT2D eigenvalue weighted by molar-refractivity contribution is -0.384. The largest absolute Gasteiger partial charge is 0.312 e. The van der Waals surface area contributed by atoms with Gasteiger partial charge in [0.25, 0.3) is 11.6 Å². The van der Waals surface area contributed by atoms with Crippen molar-refractivity contribution in [2.24, 2.45) is 4.99 Å². The van der Waals surface area contributed by atoms with Crippen LogP contribution in [0.1, 0.15) is 22.8 Å². The number of aryl methyl sites for hydroxylation is 1. The second-order valence-electron chi connectivity index (χ2n) is 5.66. The van der Waals surface area contributed by atoms with Gasteiger partial charge in [0, 0.05) is 24.2 Å². The molecule has 0 bridgehead atoms. The van der Waals surface area contributed by atoms with Crippen LogP contribution in [-0.2, 0) is 13.0 Å². The number of hydrogen-bond acceptors (Lipinski definition) is 4. The molecule has 1 aromatic heterocycles. The molecular formula is C19H17N3O3S. The van der Waals surface area contributed by atoms with E-state index in [9.17, 15) is 14.9 Å². The van der Waals surface area contributed by atoms with Crippen molar-refractivity contribution in [3.8, 4) is 0 Å². The van der Waals surface area contributed by atoms with Gasteiger partial charge >= 0.3 is 0 Å². The van der Waals surface area contributed by atoms with Crippen LogP contribution in [0.15, 0.2) is 60.1 Å². The van der Waals surface area contributed by atoms with Gasteiger partial charge in [0.05, 0.1) is 15.1 Å². The number of benzene rings is 2. The summed E-state index contributed by atoms with van der Waals surface area (Å²) in [7, 11) is 0. The summed E-state index contributed by atoms with van der Waals surface area (Å²) < 4.78 is 2.96. The molecule has 0 atom stereocenters. The lowest BCUT2D eigenvalue weighted by atomic mass is 10.2. The number of hydrogen-bond donors (Lipinski definition) is 0. The third-order valence-electron chi connectivity index (χ3n) is 3.97. The molecule has 0 unspecified atom stereocenters. The van der Waals surface area contributed by atoms with Crippen LogP contribution in [0.5, 0.6) is 0 Å². The molecule has 1 amide bonds. The maximum absolute atomic E-state index is 12.5. The van der Waals surface area contributed by atoms with E-state index in [0.29, 0.717) is 11.3 Å². The van der Waals surface area contributed by atoms with Crippen LogP contribution in [0.2, 0.25) is 0 Å². The highest BCUT2D eigenvalue weighted by Crippen LogP contribution is 2.20. The molecule has 0 radical (unpaired) electrons. The van der Waals surface area contributed by atoms with Gasteiger partial charge in [-0.15, -0.1) is 6.58 Å². The molecule has 0 fully saturated rings. The molecule has 3 aromatic rings. The van der Waals surface area contributed by atoms with E-state index in [4.69, 9.17) is 0 Å². The number of carbonyl (C=O) groups is 1. The fourth-order valence-corrected chi connectivity index (χ4v) is 3.73. The number of nitro benzene ring substituents is 1. The predicted octanol–water partition coefficient (Wildman–Crippen LogP) is 4.10. The van der Waals surface area contributed by atoms with Crippen molar-refractivity contribution in [3.63, 3.8) is 0 Å². The fourth-order valence-electron chi connectivity index (χ4n) is 2.63. The van der Waals surface area contributed by atoms with Gasteiger partial charge in [0.2, 0.25) is 0 Å². The number of amides is 1.